The molecule has 0 N–H and O–H groups in total. The van der Waals surface area contributed by atoms with Crippen LogP contribution in [0.4, 0.5) is 11.4 Å². The van der Waals surface area contributed by atoms with Crippen molar-refractivity contribution >= 4 is 20.1 Å². The maximum atomic E-state index is 7.53. The minimum Gasteiger partial charge on any atom is -0.496 e. The summed E-state index contributed by atoms with van der Waals surface area (Å²) in [5, 5.41) is 0. The highest BCUT2D eigenvalue weighted by Gasteiger charge is 2.56. The summed E-state index contributed by atoms with van der Waals surface area (Å²) in [7, 11) is -3.44. The first-order valence-corrected chi connectivity index (χ1v) is 17.2. The van der Waals surface area contributed by atoms with Crippen LogP contribution in [0.2, 0.25) is 6.04 Å². The van der Waals surface area contributed by atoms with Crippen molar-refractivity contribution in [3.05, 3.63) is 168 Å². The molecule has 2 unspecified atom stereocenters. The van der Waals surface area contributed by atoms with Crippen molar-refractivity contribution in [2.24, 2.45) is 0 Å². The van der Waals surface area contributed by atoms with Gasteiger partial charge >= 0.3 is 8.72 Å². The number of hydrogen-bond acceptors (Lipinski definition) is 3. The van der Waals surface area contributed by atoms with Gasteiger partial charge in [-0.2, -0.15) is 0 Å². The van der Waals surface area contributed by atoms with Crippen LogP contribution in [0.5, 0.6) is 11.5 Å². The van der Waals surface area contributed by atoms with Gasteiger partial charge in [0.25, 0.3) is 0 Å². The van der Waals surface area contributed by atoms with E-state index in [-0.39, 0.29) is 5.92 Å². The maximum Gasteiger partial charge on any atom is 0.593 e. The third kappa shape index (κ3) is 4.42. The normalized spacial score (nSPS) is 18.3. The summed E-state index contributed by atoms with van der Waals surface area (Å²) in [6.45, 7) is 4.28. The Hall–Kier alpha value is -5.06. The van der Waals surface area contributed by atoms with Crippen molar-refractivity contribution in [2.45, 2.75) is 25.8 Å². The predicted molar refractivity (Wildman–Crippen MR) is 182 cm³/mol. The molecular weight excluding hydrogens is 555 g/mol. The molecule has 0 aromatic heterocycles. The molecule has 3 nitrogen and oxygen atoms in total. The van der Waals surface area contributed by atoms with E-state index in [9.17, 15) is 0 Å². The smallest absolute Gasteiger partial charge is 0.496 e. The second kappa shape index (κ2) is 10.6. The van der Waals surface area contributed by atoms with Gasteiger partial charge in [0.15, 0.2) is 0 Å². The van der Waals surface area contributed by atoms with Crippen molar-refractivity contribution in [3.8, 4) is 33.8 Å². The Balaban J connectivity index is 1.47. The lowest BCUT2D eigenvalue weighted by Crippen LogP contribution is -2.62. The molecule has 0 radical (unpaired) electrons. The number of anilines is 2. The summed E-state index contributed by atoms with van der Waals surface area (Å²) in [5.74, 6) is 1.75. The molecule has 4 heteroatoms. The topological polar surface area (TPSA) is 21.7 Å². The van der Waals surface area contributed by atoms with Gasteiger partial charge in [-0.3, -0.25) is 0 Å². The number of para-hydroxylation sites is 3. The lowest BCUT2D eigenvalue weighted by molar-refractivity contribution is 0.376. The fraction of sp³-hybridized carbons (Fsp3) is 0.100. The quantitative estimate of drug-likeness (QED) is 0.188. The molecule has 6 aromatic carbocycles. The van der Waals surface area contributed by atoms with E-state index in [1.54, 1.807) is 0 Å². The first-order valence-electron chi connectivity index (χ1n) is 15.3. The molecule has 0 saturated heterocycles. The first kappa shape index (κ1) is 26.6. The monoisotopic (exact) mass is 587 g/mol. The van der Waals surface area contributed by atoms with Crippen molar-refractivity contribution in [2.75, 3.05) is 4.57 Å². The van der Waals surface area contributed by atoms with E-state index in [0.717, 1.165) is 39.6 Å². The Bertz CT molecular complexity index is 1980. The zero-order valence-electron chi connectivity index (χ0n) is 24.9. The van der Waals surface area contributed by atoms with Gasteiger partial charge in [-0.1, -0.05) is 126 Å². The van der Waals surface area contributed by atoms with E-state index in [4.69, 9.17) is 8.85 Å². The van der Waals surface area contributed by atoms with E-state index < -0.39 is 8.72 Å². The average molecular weight is 588 g/mol. The molecule has 2 atom stereocenters. The minimum atomic E-state index is -3.44. The number of aryl methyl sites for hydroxylation is 2. The van der Waals surface area contributed by atoms with E-state index in [1.807, 2.05) is 0 Å². The number of hydrogen-bond donors (Lipinski definition) is 0. The molecule has 44 heavy (non-hydrogen) atoms. The second-order valence-electron chi connectivity index (χ2n) is 11.9. The van der Waals surface area contributed by atoms with Gasteiger partial charge in [-0.05, 0) is 60.9 Å². The van der Waals surface area contributed by atoms with Crippen LogP contribution in [-0.4, -0.2) is 8.72 Å². The number of nitrogens with zero attached hydrogens (tertiary/aromatic N) is 1. The summed E-state index contributed by atoms with van der Waals surface area (Å²) in [4.78, 5) is 0. The van der Waals surface area contributed by atoms with Crippen molar-refractivity contribution in [1.29, 1.82) is 0 Å². The lowest BCUT2D eigenvalue weighted by atomic mass is 9.86. The highest BCUT2D eigenvalue weighted by molar-refractivity contribution is 6.75. The summed E-state index contributed by atoms with van der Waals surface area (Å²) in [6.07, 6.45) is 0. The van der Waals surface area contributed by atoms with Crippen molar-refractivity contribution in [3.63, 3.8) is 0 Å². The van der Waals surface area contributed by atoms with Gasteiger partial charge in [-0.25, -0.2) is 0 Å². The van der Waals surface area contributed by atoms with Gasteiger partial charge < -0.3 is 13.4 Å². The van der Waals surface area contributed by atoms with Gasteiger partial charge in [0, 0.05) is 40.0 Å². The molecule has 214 valence electrons. The summed E-state index contributed by atoms with van der Waals surface area (Å²) in [6, 6.07) is 52.8. The van der Waals surface area contributed by atoms with Crippen LogP contribution in [0.25, 0.3) is 22.3 Å². The number of fused-ring (bicyclic) bond motifs is 6. The first-order chi connectivity index (χ1) is 21.6. The molecule has 0 aliphatic carbocycles. The van der Waals surface area contributed by atoms with E-state index in [2.05, 4.69) is 164 Å². The van der Waals surface area contributed by atoms with Crippen LogP contribution in [0.3, 0.4) is 0 Å². The molecule has 2 aliphatic rings. The van der Waals surface area contributed by atoms with Gasteiger partial charge in [0.05, 0.1) is 0 Å². The average Bonchev–Trinajstić information content (AvgIpc) is 3.17. The highest BCUT2D eigenvalue weighted by atomic mass is 28.4. The minimum absolute atomic E-state index is 0.0391. The number of rotatable bonds is 2. The van der Waals surface area contributed by atoms with Gasteiger partial charge in [0.2, 0.25) is 0 Å². The third-order valence-corrected chi connectivity index (χ3v) is 12.1. The Morgan fingerprint density at radius 1 is 0.523 bits per heavy atom. The van der Waals surface area contributed by atoms with Crippen LogP contribution >= 0.6 is 0 Å². The molecule has 6 aromatic rings. The zero-order chi connectivity index (χ0) is 29.7. The molecular formula is C40H33NO2Si. The SMILES string of the molecule is Cc1ccc(C2C[Si]3(Oc4ccccc4-c4ccccc42)Oc2ccccc2-c2ccccc2N3c2ccc(C)cc2)cc1. The molecule has 2 heterocycles. The Morgan fingerprint density at radius 2 is 1.02 bits per heavy atom. The molecule has 8 rings (SSSR count). The summed E-state index contributed by atoms with van der Waals surface area (Å²) in [5.41, 5.74) is 11.7. The molecule has 2 aliphatic heterocycles. The lowest BCUT2D eigenvalue weighted by Gasteiger charge is -2.43. The fourth-order valence-corrected chi connectivity index (χ4v) is 10.5. The fourth-order valence-electron chi connectivity index (χ4n) is 6.81. The number of benzene rings is 6. The Labute approximate surface area is 260 Å². The van der Waals surface area contributed by atoms with Crippen LogP contribution in [0, 0.1) is 13.8 Å². The van der Waals surface area contributed by atoms with Crippen LogP contribution in [0.1, 0.15) is 28.2 Å². The van der Waals surface area contributed by atoms with Gasteiger partial charge in [0.1, 0.15) is 11.5 Å². The zero-order valence-corrected chi connectivity index (χ0v) is 25.9. The van der Waals surface area contributed by atoms with Crippen molar-refractivity contribution < 1.29 is 8.85 Å². The van der Waals surface area contributed by atoms with Crippen LogP contribution in [-0.2, 0) is 0 Å². The molecule has 0 amide bonds. The second-order valence-corrected chi connectivity index (χ2v) is 14.5. The maximum absolute atomic E-state index is 7.53. The molecule has 1 spiro atoms. The van der Waals surface area contributed by atoms with Crippen molar-refractivity contribution in [1.82, 2.24) is 0 Å². The Kier molecular flexibility index (Phi) is 6.39. The van der Waals surface area contributed by atoms with E-state index in [0.29, 0.717) is 6.04 Å². The third-order valence-electron chi connectivity index (χ3n) is 8.95. The Morgan fingerprint density at radius 3 is 1.68 bits per heavy atom. The van der Waals surface area contributed by atoms with Gasteiger partial charge in [-0.15, -0.1) is 0 Å². The largest absolute Gasteiger partial charge is 0.593 e. The standard InChI is InChI=1S/C40H33NO2Si/c1-28-19-23-30(24-20-28)37-27-44(42-39-17-9-6-14-35(39)32-11-3-4-12-33(32)37)41(31-25-21-29(2)22-26-31)38-16-8-5-13-34(38)36-15-7-10-18-40(36)43-44/h3-26,37H,27H2,1-2H3. The van der Waals surface area contributed by atoms with Crippen LogP contribution < -0.4 is 13.4 Å². The molecule has 0 bridgehead atoms. The summed E-state index contributed by atoms with van der Waals surface area (Å²) >= 11 is 0. The summed E-state index contributed by atoms with van der Waals surface area (Å²) < 4.78 is 17.4. The molecule has 0 fully saturated rings. The predicted octanol–water partition coefficient (Wildman–Crippen LogP) is 10.3. The highest BCUT2D eigenvalue weighted by Crippen LogP contribution is 2.52. The van der Waals surface area contributed by atoms with E-state index in [1.165, 1.54) is 27.8 Å². The van der Waals surface area contributed by atoms with Crippen LogP contribution in [0.15, 0.2) is 146 Å². The van der Waals surface area contributed by atoms with E-state index >= 15 is 0 Å². The molecule has 0 saturated carbocycles.